The van der Waals surface area contributed by atoms with Crippen molar-refractivity contribution in [3.05, 3.63) is 35.0 Å². The van der Waals surface area contributed by atoms with Crippen molar-refractivity contribution >= 4 is 44.9 Å². The summed E-state index contributed by atoms with van der Waals surface area (Å²) in [7, 11) is 1.78. The molecule has 4 rings (SSSR count). The Kier molecular flexibility index (Phi) is 3.99. The molecule has 7 nitrogen and oxygen atoms in total. The summed E-state index contributed by atoms with van der Waals surface area (Å²) in [6.45, 7) is 4.20. The summed E-state index contributed by atoms with van der Waals surface area (Å²) < 4.78 is 2.72. The summed E-state index contributed by atoms with van der Waals surface area (Å²) in [6.07, 6.45) is 0.205. The molecule has 1 fully saturated rings. The maximum atomic E-state index is 12.6. The Bertz CT molecular complexity index is 1020. The van der Waals surface area contributed by atoms with Gasteiger partial charge in [-0.1, -0.05) is 0 Å². The van der Waals surface area contributed by atoms with Crippen LogP contribution in [0.4, 0.5) is 11.5 Å². The smallest absolute Gasteiger partial charge is 0.230 e. The number of fused-ring (bicyclic) bond motifs is 1. The Morgan fingerprint density at radius 2 is 2.12 bits per heavy atom. The molecule has 134 valence electrons. The van der Waals surface area contributed by atoms with E-state index in [1.54, 1.807) is 28.0 Å². The van der Waals surface area contributed by atoms with Gasteiger partial charge >= 0.3 is 0 Å². The predicted octanol–water partition coefficient (Wildman–Crippen LogP) is 2.64. The molecule has 1 aromatic carbocycles. The van der Waals surface area contributed by atoms with E-state index >= 15 is 0 Å². The summed E-state index contributed by atoms with van der Waals surface area (Å²) in [4.78, 5) is 31.2. The molecule has 1 aliphatic rings. The number of thiazole rings is 1. The molecule has 3 aromatic rings. The van der Waals surface area contributed by atoms with Crippen molar-refractivity contribution in [1.29, 1.82) is 0 Å². The summed E-state index contributed by atoms with van der Waals surface area (Å²) in [5.41, 5.74) is 2.51. The normalized spacial score (nSPS) is 17.3. The van der Waals surface area contributed by atoms with Gasteiger partial charge in [-0.3, -0.25) is 14.3 Å². The van der Waals surface area contributed by atoms with Crippen molar-refractivity contribution < 1.29 is 9.59 Å². The number of anilines is 2. The van der Waals surface area contributed by atoms with Crippen LogP contribution >= 0.6 is 11.3 Å². The van der Waals surface area contributed by atoms with E-state index in [1.165, 1.54) is 0 Å². The molecule has 8 heteroatoms. The summed E-state index contributed by atoms with van der Waals surface area (Å²) in [5.74, 6) is 0.0513. The van der Waals surface area contributed by atoms with Gasteiger partial charge in [-0.05, 0) is 32.0 Å². The molecule has 26 heavy (non-hydrogen) atoms. The Labute approximate surface area is 154 Å². The lowest BCUT2D eigenvalue weighted by Gasteiger charge is -2.16. The second-order valence-corrected chi connectivity index (χ2v) is 7.81. The van der Waals surface area contributed by atoms with Crippen LogP contribution in [-0.2, 0) is 16.6 Å². The van der Waals surface area contributed by atoms with Crippen molar-refractivity contribution in [2.24, 2.45) is 13.0 Å². The topological polar surface area (TPSA) is 80.1 Å². The van der Waals surface area contributed by atoms with Gasteiger partial charge in [0, 0.05) is 31.8 Å². The second-order valence-electron chi connectivity index (χ2n) is 6.57. The van der Waals surface area contributed by atoms with Crippen LogP contribution in [0.15, 0.2) is 24.3 Å². The van der Waals surface area contributed by atoms with E-state index in [2.05, 4.69) is 15.4 Å². The maximum absolute atomic E-state index is 12.6. The molecule has 1 atom stereocenters. The van der Waals surface area contributed by atoms with Crippen LogP contribution in [0.3, 0.4) is 0 Å². The fraction of sp³-hybridized carbons (Fsp3) is 0.333. The number of carbonyl (C=O) groups is 2. The van der Waals surface area contributed by atoms with Crippen LogP contribution in [-0.4, -0.2) is 33.1 Å². The molecule has 1 N–H and O–H groups in total. The number of rotatable bonds is 3. The Morgan fingerprint density at radius 1 is 1.31 bits per heavy atom. The van der Waals surface area contributed by atoms with Gasteiger partial charge in [-0.2, -0.15) is 5.10 Å². The van der Waals surface area contributed by atoms with Crippen LogP contribution in [0.5, 0.6) is 0 Å². The van der Waals surface area contributed by atoms with Crippen molar-refractivity contribution in [2.45, 2.75) is 20.3 Å². The van der Waals surface area contributed by atoms with Gasteiger partial charge in [0.1, 0.15) is 5.82 Å². The summed E-state index contributed by atoms with van der Waals surface area (Å²) in [6, 6.07) is 7.63. The van der Waals surface area contributed by atoms with Gasteiger partial charge in [0.2, 0.25) is 11.8 Å². The Hall–Kier alpha value is -2.74. The highest BCUT2D eigenvalue weighted by molar-refractivity contribution is 7.18. The Morgan fingerprint density at radius 3 is 2.85 bits per heavy atom. The first-order valence-electron chi connectivity index (χ1n) is 8.40. The van der Waals surface area contributed by atoms with Crippen molar-refractivity contribution in [2.75, 3.05) is 16.8 Å². The van der Waals surface area contributed by atoms with E-state index in [0.717, 1.165) is 26.6 Å². The average molecular weight is 369 g/mol. The number of aryl methyl sites for hydroxylation is 3. The van der Waals surface area contributed by atoms with E-state index in [4.69, 9.17) is 0 Å². The van der Waals surface area contributed by atoms with E-state index in [1.807, 2.05) is 38.1 Å². The van der Waals surface area contributed by atoms with Gasteiger partial charge in [0.15, 0.2) is 0 Å². The van der Waals surface area contributed by atoms with Crippen LogP contribution in [0.2, 0.25) is 0 Å². The van der Waals surface area contributed by atoms with Crippen molar-refractivity contribution in [3.63, 3.8) is 0 Å². The summed E-state index contributed by atoms with van der Waals surface area (Å²) in [5, 5.41) is 8.08. The van der Waals surface area contributed by atoms with E-state index in [0.29, 0.717) is 12.4 Å². The van der Waals surface area contributed by atoms with E-state index in [-0.39, 0.29) is 24.2 Å². The minimum absolute atomic E-state index is 0.0439. The summed E-state index contributed by atoms with van der Waals surface area (Å²) >= 11 is 1.63. The van der Waals surface area contributed by atoms with Crippen LogP contribution < -0.4 is 10.2 Å². The molecule has 2 amide bonds. The van der Waals surface area contributed by atoms with Crippen LogP contribution in [0.25, 0.3) is 10.2 Å². The molecule has 1 saturated heterocycles. The molecular formula is C18H19N5O2S. The van der Waals surface area contributed by atoms with Gasteiger partial charge < -0.3 is 10.2 Å². The fourth-order valence-electron chi connectivity index (χ4n) is 3.29. The number of amides is 2. The average Bonchev–Trinajstić information content (AvgIpc) is 3.23. The first-order chi connectivity index (χ1) is 12.4. The van der Waals surface area contributed by atoms with Crippen LogP contribution in [0.1, 0.15) is 17.1 Å². The zero-order valence-corrected chi connectivity index (χ0v) is 15.6. The third-order valence-corrected chi connectivity index (χ3v) is 5.49. The predicted molar refractivity (Wildman–Crippen MR) is 101 cm³/mol. The standard InChI is InChI=1S/C18H19N5O2S/c1-10-6-16(22(3)21-10)20-18(25)12-7-17(24)23(9-12)13-4-5-15-14(8-13)19-11(2)26-15/h4-6,8,12H,7,9H2,1-3H3,(H,20,25). The van der Waals surface area contributed by atoms with Gasteiger partial charge in [0.25, 0.3) is 0 Å². The zero-order valence-electron chi connectivity index (χ0n) is 14.8. The molecule has 0 aliphatic carbocycles. The molecule has 0 bridgehead atoms. The number of hydrogen-bond donors (Lipinski definition) is 1. The number of benzene rings is 1. The highest BCUT2D eigenvalue weighted by atomic mass is 32.1. The molecule has 0 radical (unpaired) electrons. The lowest BCUT2D eigenvalue weighted by Crippen LogP contribution is -2.28. The van der Waals surface area contributed by atoms with E-state index in [9.17, 15) is 9.59 Å². The number of carbonyl (C=O) groups excluding carboxylic acids is 2. The third kappa shape index (κ3) is 2.96. The second kappa shape index (κ2) is 6.21. The van der Waals surface area contributed by atoms with E-state index < -0.39 is 0 Å². The highest BCUT2D eigenvalue weighted by Gasteiger charge is 2.35. The van der Waals surface area contributed by atoms with Gasteiger partial charge in [-0.15, -0.1) is 11.3 Å². The number of hydrogen-bond acceptors (Lipinski definition) is 5. The minimum Gasteiger partial charge on any atom is -0.312 e. The molecule has 3 heterocycles. The molecule has 0 saturated carbocycles. The lowest BCUT2D eigenvalue weighted by atomic mass is 10.1. The maximum Gasteiger partial charge on any atom is 0.230 e. The first-order valence-corrected chi connectivity index (χ1v) is 9.21. The van der Waals surface area contributed by atoms with Crippen LogP contribution in [0, 0.1) is 19.8 Å². The monoisotopic (exact) mass is 369 g/mol. The quantitative estimate of drug-likeness (QED) is 0.770. The SMILES string of the molecule is Cc1cc(NC(=O)C2CC(=O)N(c3ccc4sc(C)nc4c3)C2)n(C)n1. The number of nitrogens with one attached hydrogen (secondary N) is 1. The molecule has 2 aromatic heterocycles. The largest absolute Gasteiger partial charge is 0.312 e. The van der Waals surface area contributed by atoms with Crippen molar-refractivity contribution in [3.8, 4) is 0 Å². The molecule has 1 aliphatic heterocycles. The lowest BCUT2D eigenvalue weighted by molar-refractivity contribution is -0.122. The molecule has 0 spiro atoms. The number of nitrogens with zero attached hydrogens (tertiary/aromatic N) is 4. The van der Waals surface area contributed by atoms with Gasteiger partial charge in [-0.25, -0.2) is 4.98 Å². The Balaban J connectivity index is 1.52. The molecular weight excluding hydrogens is 350 g/mol. The molecule has 1 unspecified atom stereocenters. The van der Waals surface area contributed by atoms with Gasteiger partial charge in [0.05, 0.1) is 26.8 Å². The number of aromatic nitrogens is 3. The fourth-order valence-corrected chi connectivity index (χ4v) is 4.10. The first kappa shape index (κ1) is 16.7. The minimum atomic E-state index is -0.384. The van der Waals surface area contributed by atoms with Crippen molar-refractivity contribution in [1.82, 2.24) is 14.8 Å². The third-order valence-electron chi connectivity index (χ3n) is 4.54. The zero-order chi connectivity index (χ0) is 18.4. The highest BCUT2D eigenvalue weighted by Crippen LogP contribution is 2.30.